The van der Waals surface area contributed by atoms with Gasteiger partial charge in [-0.3, -0.25) is 14.2 Å². The largest absolute Gasteiger partial charge is 0.352 e. The number of hydrogen-bond acceptors (Lipinski definition) is 4. The monoisotopic (exact) mass is 421 g/mol. The van der Waals surface area contributed by atoms with Crippen LogP contribution >= 0.6 is 23.4 Å². The maximum absolute atomic E-state index is 13.1. The third kappa shape index (κ3) is 5.09. The molecule has 152 valence electrons. The highest BCUT2D eigenvalue weighted by Gasteiger charge is 2.23. The third-order valence-electron chi connectivity index (χ3n) is 5.17. The van der Waals surface area contributed by atoms with Crippen molar-refractivity contribution in [2.75, 3.05) is 0 Å². The summed E-state index contributed by atoms with van der Waals surface area (Å²) in [5, 5.41) is 4.49. The molecule has 1 unspecified atom stereocenters. The second kappa shape index (κ2) is 9.31. The molecule has 1 N–H and O–H groups in total. The predicted molar refractivity (Wildman–Crippen MR) is 116 cm³/mol. The van der Waals surface area contributed by atoms with E-state index in [1.807, 2.05) is 6.92 Å². The Labute approximate surface area is 175 Å². The number of hydrogen-bond donors (Lipinski definition) is 1. The standard InChI is InChI=1S/C21H28ClN3O2S/c1-13(2)10-11-25-20(27)17-9-8-15(22)12-18(17)24-21(25)28-14(3)19(26)23-16-6-4-5-7-16/h8-9,12-14,16H,4-7,10-11H2,1-3H3,(H,23,26). The number of nitrogens with zero attached hydrogens (tertiary/aromatic N) is 2. The fraction of sp³-hybridized carbons (Fsp3) is 0.571. The minimum Gasteiger partial charge on any atom is -0.352 e. The lowest BCUT2D eigenvalue weighted by molar-refractivity contribution is -0.120. The van der Waals surface area contributed by atoms with Crippen LogP contribution in [0.1, 0.15) is 52.9 Å². The predicted octanol–water partition coefficient (Wildman–Crippen LogP) is 4.64. The molecule has 3 rings (SSSR count). The molecule has 7 heteroatoms. The van der Waals surface area contributed by atoms with Gasteiger partial charge in [0.1, 0.15) is 0 Å². The second-order valence-corrected chi connectivity index (χ2v) is 9.69. The van der Waals surface area contributed by atoms with Crippen molar-refractivity contribution in [3.63, 3.8) is 0 Å². The summed E-state index contributed by atoms with van der Waals surface area (Å²) in [5.41, 5.74) is 0.498. The third-order valence-corrected chi connectivity index (χ3v) is 6.49. The molecule has 1 aliphatic carbocycles. The Bertz CT molecular complexity index is 906. The first-order valence-electron chi connectivity index (χ1n) is 10.0. The zero-order valence-electron chi connectivity index (χ0n) is 16.7. The first-order valence-corrected chi connectivity index (χ1v) is 11.3. The Morgan fingerprint density at radius 3 is 2.71 bits per heavy atom. The van der Waals surface area contributed by atoms with E-state index in [-0.39, 0.29) is 22.8 Å². The minimum atomic E-state index is -0.325. The van der Waals surface area contributed by atoms with Crippen LogP contribution in [0.5, 0.6) is 0 Å². The van der Waals surface area contributed by atoms with Crippen molar-refractivity contribution in [2.45, 2.75) is 75.9 Å². The Kier molecular flexibility index (Phi) is 7.05. The van der Waals surface area contributed by atoms with Crippen LogP contribution in [0, 0.1) is 5.92 Å². The topological polar surface area (TPSA) is 64.0 Å². The highest BCUT2D eigenvalue weighted by molar-refractivity contribution is 8.00. The molecule has 0 spiro atoms. The van der Waals surface area contributed by atoms with E-state index in [1.165, 1.54) is 24.6 Å². The number of thioether (sulfide) groups is 1. The molecule has 1 aromatic carbocycles. The Hall–Kier alpha value is -1.53. The fourth-order valence-corrected chi connectivity index (χ4v) is 4.56. The van der Waals surface area contributed by atoms with E-state index in [1.54, 1.807) is 22.8 Å². The Balaban J connectivity index is 1.89. The molecule has 0 aliphatic heterocycles. The van der Waals surface area contributed by atoms with Crippen molar-refractivity contribution in [1.82, 2.24) is 14.9 Å². The van der Waals surface area contributed by atoms with E-state index >= 15 is 0 Å². The van der Waals surface area contributed by atoms with Gasteiger partial charge in [-0.1, -0.05) is 50.1 Å². The van der Waals surface area contributed by atoms with Gasteiger partial charge >= 0.3 is 0 Å². The van der Waals surface area contributed by atoms with Gasteiger partial charge in [0.05, 0.1) is 16.2 Å². The van der Waals surface area contributed by atoms with Crippen molar-refractivity contribution in [3.8, 4) is 0 Å². The van der Waals surface area contributed by atoms with E-state index in [0.717, 1.165) is 19.3 Å². The molecule has 1 saturated carbocycles. The molecule has 2 aromatic rings. The number of nitrogens with one attached hydrogen (secondary N) is 1. The molecular formula is C21H28ClN3O2S. The summed E-state index contributed by atoms with van der Waals surface area (Å²) in [6, 6.07) is 5.42. The minimum absolute atomic E-state index is 0.00718. The average Bonchev–Trinajstić information content (AvgIpc) is 3.13. The van der Waals surface area contributed by atoms with Crippen LogP contribution in [-0.2, 0) is 11.3 Å². The van der Waals surface area contributed by atoms with Crippen molar-refractivity contribution in [3.05, 3.63) is 33.6 Å². The maximum atomic E-state index is 13.1. The summed E-state index contributed by atoms with van der Waals surface area (Å²) < 4.78 is 1.71. The number of halogens is 1. The molecule has 0 bridgehead atoms. The summed E-state index contributed by atoms with van der Waals surface area (Å²) in [6.07, 6.45) is 5.32. The van der Waals surface area contributed by atoms with Gasteiger partial charge in [-0.2, -0.15) is 0 Å². The van der Waals surface area contributed by atoms with Gasteiger partial charge in [-0.15, -0.1) is 0 Å². The molecule has 0 saturated heterocycles. The van der Waals surface area contributed by atoms with Gasteiger partial charge in [0.2, 0.25) is 5.91 Å². The normalized spacial score (nSPS) is 16.0. The number of aromatic nitrogens is 2. The van der Waals surface area contributed by atoms with Gasteiger partial charge in [0, 0.05) is 17.6 Å². The first kappa shape index (κ1) is 21.2. The molecular weight excluding hydrogens is 394 g/mol. The molecule has 1 amide bonds. The van der Waals surface area contributed by atoms with Gasteiger partial charge < -0.3 is 5.32 Å². The molecule has 1 heterocycles. The van der Waals surface area contributed by atoms with Crippen molar-refractivity contribution in [1.29, 1.82) is 0 Å². The van der Waals surface area contributed by atoms with Crippen LogP contribution in [0.2, 0.25) is 5.02 Å². The quantitative estimate of drug-likeness (QED) is 0.522. The van der Waals surface area contributed by atoms with Crippen LogP contribution in [0.15, 0.2) is 28.2 Å². The maximum Gasteiger partial charge on any atom is 0.262 e. The SMILES string of the molecule is CC(C)CCn1c(SC(C)C(=O)NC2CCCC2)nc2cc(Cl)ccc2c1=O. The second-order valence-electron chi connectivity index (χ2n) is 7.95. The number of rotatable bonds is 7. The zero-order valence-corrected chi connectivity index (χ0v) is 18.3. The van der Waals surface area contributed by atoms with Gasteiger partial charge in [0.15, 0.2) is 5.16 Å². The fourth-order valence-electron chi connectivity index (χ4n) is 3.45. The molecule has 1 aromatic heterocycles. The van der Waals surface area contributed by atoms with Crippen LogP contribution in [0.4, 0.5) is 0 Å². The van der Waals surface area contributed by atoms with Crippen LogP contribution in [0.3, 0.4) is 0 Å². The molecule has 1 atom stereocenters. The first-order chi connectivity index (χ1) is 13.3. The van der Waals surface area contributed by atoms with Gasteiger partial charge in [-0.25, -0.2) is 4.98 Å². The highest BCUT2D eigenvalue weighted by atomic mass is 35.5. The lowest BCUT2D eigenvalue weighted by Gasteiger charge is -2.19. The lowest BCUT2D eigenvalue weighted by Crippen LogP contribution is -2.38. The highest BCUT2D eigenvalue weighted by Crippen LogP contribution is 2.25. The van der Waals surface area contributed by atoms with E-state index < -0.39 is 0 Å². The summed E-state index contributed by atoms with van der Waals surface area (Å²) in [6.45, 7) is 6.71. The van der Waals surface area contributed by atoms with Crippen molar-refractivity contribution >= 4 is 40.2 Å². The van der Waals surface area contributed by atoms with E-state index in [2.05, 4.69) is 19.2 Å². The van der Waals surface area contributed by atoms with Crippen molar-refractivity contribution in [2.24, 2.45) is 5.92 Å². The molecule has 28 heavy (non-hydrogen) atoms. The van der Waals surface area contributed by atoms with Crippen LogP contribution < -0.4 is 10.9 Å². The van der Waals surface area contributed by atoms with Crippen LogP contribution in [0.25, 0.3) is 10.9 Å². The lowest BCUT2D eigenvalue weighted by atomic mass is 10.1. The summed E-state index contributed by atoms with van der Waals surface area (Å²) in [4.78, 5) is 30.4. The number of carbonyl (C=O) groups excluding carboxylic acids is 1. The summed E-state index contributed by atoms with van der Waals surface area (Å²) in [7, 11) is 0. The molecule has 5 nitrogen and oxygen atoms in total. The van der Waals surface area contributed by atoms with E-state index in [0.29, 0.717) is 33.5 Å². The Morgan fingerprint density at radius 1 is 1.32 bits per heavy atom. The summed E-state index contributed by atoms with van der Waals surface area (Å²) >= 11 is 7.44. The number of amides is 1. The van der Waals surface area contributed by atoms with E-state index in [4.69, 9.17) is 16.6 Å². The molecule has 0 radical (unpaired) electrons. The average molecular weight is 422 g/mol. The molecule has 1 fully saturated rings. The smallest absolute Gasteiger partial charge is 0.262 e. The number of benzene rings is 1. The zero-order chi connectivity index (χ0) is 20.3. The van der Waals surface area contributed by atoms with Gasteiger partial charge in [-0.05, 0) is 50.3 Å². The van der Waals surface area contributed by atoms with E-state index in [9.17, 15) is 9.59 Å². The number of carbonyl (C=O) groups is 1. The van der Waals surface area contributed by atoms with Gasteiger partial charge in [0.25, 0.3) is 5.56 Å². The molecule has 1 aliphatic rings. The van der Waals surface area contributed by atoms with Crippen molar-refractivity contribution < 1.29 is 4.79 Å². The summed E-state index contributed by atoms with van der Waals surface area (Å²) in [5.74, 6) is 0.474. The Morgan fingerprint density at radius 2 is 2.04 bits per heavy atom. The van der Waals surface area contributed by atoms with Crippen LogP contribution in [-0.4, -0.2) is 26.8 Å². The number of fused-ring (bicyclic) bond motifs is 1.